The van der Waals surface area contributed by atoms with Gasteiger partial charge in [0, 0.05) is 31.6 Å². The number of nitrogens with one attached hydrogen (secondary N) is 1. The van der Waals surface area contributed by atoms with Crippen LogP contribution >= 0.6 is 0 Å². The van der Waals surface area contributed by atoms with Crippen molar-refractivity contribution < 1.29 is 22.4 Å². The molecule has 0 bridgehead atoms. The molecule has 1 aliphatic rings. The Hall–Kier alpha value is -1.96. The highest BCUT2D eigenvalue weighted by Gasteiger charge is 2.28. The van der Waals surface area contributed by atoms with Gasteiger partial charge in [-0.3, -0.25) is 9.59 Å². The molecule has 6 nitrogen and oxygen atoms in total. The van der Waals surface area contributed by atoms with E-state index in [-0.39, 0.29) is 42.3 Å². The molecular formula is C15H19FN2O4S. The lowest BCUT2D eigenvalue weighted by Gasteiger charge is -2.21. The van der Waals surface area contributed by atoms with Gasteiger partial charge in [-0.05, 0) is 30.7 Å². The molecule has 0 aliphatic carbocycles. The van der Waals surface area contributed by atoms with Crippen LogP contribution in [0.15, 0.2) is 24.3 Å². The highest BCUT2D eigenvalue weighted by atomic mass is 32.2. The van der Waals surface area contributed by atoms with Gasteiger partial charge in [0.15, 0.2) is 9.84 Å². The maximum atomic E-state index is 12.9. The summed E-state index contributed by atoms with van der Waals surface area (Å²) in [5.41, 5.74) is 0.509. The van der Waals surface area contributed by atoms with Gasteiger partial charge in [0.1, 0.15) is 5.82 Å². The summed E-state index contributed by atoms with van der Waals surface area (Å²) < 4.78 is 35.6. The quantitative estimate of drug-likeness (QED) is 0.861. The van der Waals surface area contributed by atoms with Crippen LogP contribution in [0.2, 0.25) is 0 Å². The summed E-state index contributed by atoms with van der Waals surface area (Å²) >= 11 is 0. The van der Waals surface area contributed by atoms with Gasteiger partial charge in [0.2, 0.25) is 11.8 Å². The number of rotatable bonds is 5. The molecular weight excluding hydrogens is 323 g/mol. The number of hydrogen-bond acceptors (Lipinski definition) is 4. The minimum atomic E-state index is -3.05. The van der Waals surface area contributed by atoms with Crippen molar-refractivity contribution >= 4 is 27.3 Å². The first kappa shape index (κ1) is 17.4. The molecule has 1 aromatic carbocycles. The molecule has 1 unspecified atom stereocenters. The minimum Gasteiger partial charge on any atom is -0.352 e. The normalized spacial score (nSPS) is 19.3. The number of halogens is 1. The smallest absolute Gasteiger partial charge is 0.223 e. The van der Waals surface area contributed by atoms with Gasteiger partial charge in [0.25, 0.3) is 0 Å². The monoisotopic (exact) mass is 342 g/mol. The molecule has 0 saturated carbocycles. The molecule has 1 N–H and O–H groups in total. The second-order valence-corrected chi connectivity index (χ2v) is 7.79. The molecule has 0 radical (unpaired) electrons. The zero-order valence-corrected chi connectivity index (χ0v) is 13.6. The van der Waals surface area contributed by atoms with E-state index in [2.05, 4.69) is 5.32 Å². The zero-order valence-electron chi connectivity index (χ0n) is 12.8. The van der Waals surface area contributed by atoms with Gasteiger partial charge < -0.3 is 10.2 Å². The molecule has 1 saturated heterocycles. The summed E-state index contributed by atoms with van der Waals surface area (Å²) in [5.74, 6) is -0.911. The van der Waals surface area contributed by atoms with Crippen LogP contribution in [0, 0.1) is 5.82 Å². The number of benzene rings is 1. The predicted octanol–water partition coefficient (Wildman–Crippen LogP) is 0.872. The Morgan fingerprint density at radius 1 is 1.30 bits per heavy atom. The lowest BCUT2D eigenvalue weighted by atomic mass is 10.2. The largest absolute Gasteiger partial charge is 0.352 e. The van der Waals surface area contributed by atoms with E-state index < -0.39 is 15.7 Å². The number of anilines is 1. The van der Waals surface area contributed by atoms with E-state index in [1.807, 2.05) is 0 Å². The second-order valence-electron chi connectivity index (χ2n) is 5.56. The number of amides is 2. The highest BCUT2D eigenvalue weighted by molar-refractivity contribution is 7.91. The van der Waals surface area contributed by atoms with Crippen molar-refractivity contribution in [2.75, 3.05) is 23.0 Å². The van der Waals surface area contributed by atoms with Gasteiger partial charge in [-0.2, -0.15) is 0 Å². The Labute approximate surface area is 134 Å². The third-order valence-electron chi connectivity index (χ3n) is 3.68. The maximum Gasteiger partial charge on any atom is 0.223 e. The molecule has 1 aliphatic heterocycles. The molecule has 23 heavy (non-hydrogen) atoms. The molecule has 2 rings (SSSR count). The Balaban J connectivity index is 1.90. The predicted molar refractivity (Wildman–Crippen MR) is 84.2 cm³/mol. The number of nitrogens with zero attached hydrogens (tertiary/aromatic N) is 1. The van der Waals surface area contributed by atoms with E-state index >= 15 is 0 Å². The van der Waals surface area contributed by atoms with Gasteiger partial charge in [-0.25, -0.2) is 12.8 Å². The third kappa shape index (κ3) is 5.02. The van der Waals surface area contributed by atoms with Gasteiger partial charge >= 0.3 is 0 Å². The van der Waals surface area contributed by atoms with Crippen LogP contribution in [-0.2, 0) is 19.4 Å². The van der Waals surface area contributed by atoms with Crippen LogP contribution in [0.5, 0.6) is 0 Å². The number of hydrogen-bond donors (Lipinski definition) is 1. The summed E-state index contributed by atoms with van der Waals surface area (Å²) in [6.45, 7) is 1.51. The molecule has 1 heterocycles. The summed E-state index contributed by atoms with van der Waals surface area (Å²) in [4.78, 5) is 25.0. The van der Waals surface area contributed by atoms with Crippen LogP contribution < -0.4 is 10.2 Å². The van der Waals surface area contributed by atoms with Crippen molar-refractivity contribution in [2.45, 2.75) is 25.8 Å². The fourth-order valence-corrected chi connectivity index (χ4v) is 4.18. The zero-order chi connectivity index (χ0) is 17.0. The molecule has 1 aromatic rings. The molecule has 1 fully saturated rings. The van der Waals surface area contributed by atoms with Crippen molar-refractivity contribution in [1.82, 2.24) is 5.32 Å². The fourth-order valence-electron chi connectivity index (χ4n) is 2.51. The highest BCUT2D eigenvalue weighted by Crippen LogP contribution is 2.16. The van der Waals surface area contributed by atoms with Crippen molar-refractivity contribution in [3.05, 3.63) is 30.1 Å². The van der Waals surface area contributed by atoms with Crippen LogP contribution in [0.1, 0.15) is 19.8 Å². The van der Waals surface area contributed by atoms with Crippen molar-refractivity contribution in [3.8, 4) is 0 Å². The average molecular weight is 342 g/mol. The average Bonchev–Trinajstić information content (AvgIpc) is 2.79. The number of carbonyl (C=O) groups excluding carboxylic acids is 2. The fraction of sp³-hybridized carbons (Fsp3) is 0.467. The van der Waals surface area contributed by atoms with Gasteiger partial charge in [0.05, 0.1) is 11.5 Å². The first-order valence-electron chi connectivity index (χ1n) is 7.30. The topological polar surface area (TPSA) is 83.6 Å². The lowest BCUT2D eigenvalue weighted by molar-refractivity contribution is -0.121. The van der Waals surface area contributed by atoms with Crippen molar-refractivity contribution in [1.29, 1.82) is 0 Å². The Kier molecular flexibility index (Phi) is 5.35. The summed E-state index contributed by atoms with van der Waals surface area (Å²) in [5, 5.41) is 2.67. The molecule has 0 aromatic heterocycles. The molecule has 0 spiro atoms. The maximum absolute atomic E-state index is 12.9. The third-order valence-corrected chi connectivity index (χ3v) is 5.45. The molecule has 2 amide bonds. The Morgan fingerprint density at radius 2 is 1.96 bits per heavy atom. The molecule has 8 heteroatoms. The van der Waals surface area contributed by atoms with E-state index in [0.29, 0.717) is 12.1 Å². The van der Waals surface area contributed by atoms with Gasteiger partial charge in [-0.15, -0.1) is 0 Å². The van der Waals surface area contributed by atoms with E-state index in [1.165, 1.54) is 36.1 Å². The van der Waals surface area contributed by atoms with Crippen LogP contribution in [-0.4, -0.2) is 44.3 Å². The SMILES string of the molecule is CC(=O)N(CCC(=O)NC1CCS(=O)(=O)C1)c1ccc(F)cc1. The van der Waals surface area contributed by atoms with Crippen molar-refractivity contribution in [2.24, 2.45) is 0 Å². The van der Waals surface area contributed by atoms with E-state index in [1.54, 1.807) is 0 Å². The molecule has 126 valence electrons. The Bertz CT molecular complexity index is 688. The summed E-state index contributed by atoms with van der Waals surface area (Å²) in [6.07, 6.45) is 0.468. The molecule has 1 atom stereocenters. The van der Waals surface area contributed by atoms with Crippen LogP contribution in [0.25, 0.3) is 0 Å². The standard InChI is InChI=1S/C15H19FN2O4S/c1-11(19)18(14-4-2-12(16)3-5-14)8-6-15(20)17-13-7-9-23(21,22)10-13/h2-5,13H,6-10H2,1H3,(H,17,20). The van der Waals surface area contributed by atoms with Crippen molar-refractivity contribution in [3.63, 3.8) is 0 Å². The number of carbonyl (C=O) groups is 2. The summed E-state index contributed by atoms with van der Waals surface area (Å²) in [7, 11) is -3.05. The lowest BCUT2D eigenvalue weighted by Crippen LogP contribution is -2.38. The second kappa shape index (κ2) is 7.08. The van der Waals surface area contributed by atoms with Crippen LogP contribution in [0.4, 0.5) is 10.1 Å². The van der Waals surface area contributed by atoms with Crippen LogP contribution in [0.3, 0.4) is 0 Å². The Morgan fingerprint density at radius 3 is 2.48 bits per heavy atom. The van der Waals surface area contributed by atoms with E-state index in [4.69, 9.17) is 0 Å². The minimum absolute atomic E-state index is 0.0346. The van der Waals surface area contributed by atoms with Gasteiger partial charge in [-0.1, -0.05) is 0 Å². The first-order chi connectivity index (χ1) is 10.8. The summed E-state index contributed by atoms with van der Waals surface area (Å²) in [6, 6.07) is 5.07. The van der Waals surface area contributed by atoms with E-state index in [9.17, 15) is 22.4 Å². The number of sulfone groups is 1. The first-order valence-corrected chi connectivity index (χ1v) is 9.12. The van der Waals surface area contributed by atoms with E-state index in [0.717, 1.165) is 0 Å².